The Morgan fingerprint density at radius 3 is 2.24 bits per heavy atom. The minimum atomic E-state index is 0.646. The lowest BCUT2D eigenvalue weighted by Crippen LogP contribution is -2.01. The zero-order valence-corrected chi connectivity index (χ0v) is 12.1. The van der Waals surface area contributed by atoms with E-state index in [0.29, 0.717) is 5.82 Å². The van der Waals surface area contributed by atoms with E-state index in [1.807, 2.05) is 13.1 Å². The van der Waals surface area contributed by atoms with E-state index in [1.165, 1.54) is 24.8 Å². The average molecular weight is 236 g/mol. The van der Waals surface area contributed by atoms with Gasteiger partial charge in [-0.1, -0.05) is 53.0 Å². The summed E-state index contributed by atoms with van der Waals surface area (Å²) in [5.74, 6) is 1.37. The largest absolute Gasteiger partial charge is 0.383 e. The number of rotatable bonds is 4. The molecule has 0 spiro atoms. The van der Waals surface area contributed by atoms with Crippen LogP contribution in [0.3, 0.4) is 0 Å². The third-order valence-electron chi connectivity index (χ3n) is 2.96. The summed E-state index contributed by atoms with van der Waals surface area (Å²) in [6.45, 7) is 10.8. The molecular weight excluding hydrogens is 208 g/mol. The molecule has 2 N–H and O–H groups in total. The van der Waals surface area contributed by atoms with Crippen LogP contribution in [0.15, 0.2) is 12.3 Å². The first-order valence-corrected chi connectivity index (χ1v) is 6.76. The van der Waals surface area contributed by atoms with Gasteiger partial charge in [-0.05, 0) is 30.4 Å². The van der Waals surface area contributed by atoms with Crippen molar-refractivity contribution in [3.63, 3.8) is 0 Å². The fourth-order valence-electron chi connectivity index (χ4n) is 1.30. The lowest BCUT2D eigenvalue weighted by Gasteiger charge is -2.09. The van der Waals surface area contributed by atoms with Crippen molar-refractivity contribution in [2.45, 2.75) is 60.3 Å². The first-order chi connectivity index (χ1) is 8.04. The molecule has 0 aliphatic rings. The molecule has 1 rings (SSSR count). The number of nitrogen functional groups attached to an aromatic ring is 1. The van der Waals surface area contributed by atoms with E-state index in [1.54, 1.807) is 0 Å². The van der Waals surface area contributed by atoms with E-state index in [4.69, 9.17) is 5.73 Å². The Bertz CT molecular complexity index is 306. The molecule has 0 bridgehead atoms. The summed E-state index contributed by atoms with van der Waals surface area (Å²) in [6, 6.07) is 2.13. The van der Waals surface area contributed by atoms with Gasteiger partial charge in [0, 0.05) is 6.20 Å². The Kier molecular flexibility index (Phi) is 8.47. The van der Waals surface area contributed by atoms with E-state index in [0.717, 1.165) is 17.9 Å². The Morgan fingerprint density at radius 2 is 1.82 bits per heavy atom. The molecule has 1 aromatic rings. The Balaban J connectivity index is 0.000000557. The molecule has 1 unspecified atom stereocenters. The Labute approximate surface area is 107 Å². The van der Waals surface area contributed by atoms with Crippen LogP contribution in [0.2, 0.25) is 0 Å². The number of hydrogen-bond acceptors (Lipinski definition) is 2. The SMILES string of the molecule is CCC(C)Cc1cnc(N)c(C)c1.CCCC. The minimum Gasteiger partial charge on any atom is -0.383 e. The second kappa shape index (κ2) is 9.03. The number of aryl methyl sites for hydroxylation is 1. The van der Waals surface area contributed by atoms with Crippen LogP contribution in [-0.2, 0) is 6.42 Å². The van der Waals surface area contributed by atoms with Crippen molar-refractivity contribution in [2.24, 2.45) is 5.92 Å². The summed E-state index contributed by atoms with van der Waals surface area (Å²) in [7, 11) is 0. The molecule has 98 valence electrons. The highest BCUT2D eigenvalue weighted by Gasteiger charge is 2.02. The normalized spacial score (nSPS) is 11.6. The van der Waals surface area contributed by atoms with Crippen LogP contribution < -0.4 is 5.73 Å². The topological polar surface area (TPSA) is 38.9 Å². The van der Waals surface area contributed by atoms with Crippen LogP contribution in [0.1, 0.15) is 58.1 Å². The van der Waals surface area contributed by atoms with Gasteiger partial charge in [0.25, 0.3) is 0 Å². The molecule has 2 heteroatoms. The second-order valence-corrected chi connectivity index (χ2v) is 4.76. The molecule has 0 aromatic carbocycles. The number of pyridine rings is 1. The maximum atomic E-state index is 5.64. The molecular formula is C15H28N2. The number of aromatic nitrogens is 1. The summed E-state index contributed by atoms with van der Waals surface area (Å²) in [5.41, 5.74) is 8.02. The molecule has 0 fully saturated rings. The predicted octanol–water partition coefficient (Wildman–Crippen LogP) is 4.37. The van der Waals surface area contributed by atoms with Gasteiger partial charge in [0.15, 0.2) is 0 Å². The van der Waals surface area contributed by atoms with Gasteiger partial charge in [-0.25, -0.2) is 4.98 Å². The van der Waals surface area contributed by atoms with Crippen molar-refractivity contribution in [3.05, 3.63) is 23.4 Å². The first-order valence-electron chi connectivity index (χ1n) is 6.76. The van der Waals surface area contributed by atoms with Crippen molar-refractivity contribution >= 4 is 5.82 Å². The monoisotopic (exact) mass is 236 g/mol. The van der Waals surface area contributed by atoms with Gasteiger partial charge >= 0.3 is 0 Å². The fourth-order valence-corrected chi connectivity index (χ4v) is 1.30. The Morgan fingerprint density at radius 1 is 1.24 bits per heavy atom. The lowest BCUT2D eigenvalue weighted by atomic mass is 9.99. The molecule has 17 heavy (non-hydrogen) atoms. The van der Waals surface area contributed by atoms with E-state index in [-0.39, 0.29) is 0 Å². The van der Waals surface area contributed by atoms with Crippen LogP contribution in [0, 0.1) is 12.8 Å². The second-order valence-electron chi connectivity index (χ2n) is 4.76. The van der Waals surface area contributed by atoms with Crippen molar-refractivity contribution in [2.75, 3.05) is 5.73 Å². The molecule has 0 radical (unpaired) electrons. The van der Waals surface area contributed by atoms with Gasteiger partial charge in [0.05, 0.1) is 0 Å². The molecule has 0 saturated heterocycles. The van der Waals surface area contributed by atoms with Crippen LogP contribution in [0.25, 0.3) is 0 Å². The highest BCUT2D eigenvalue weighted by Crippen LogP contribution is 2.14. The third kappa shape index (κ3) is 6.98. The maximum absolute atomic E-state index is 5.64. The van der Waals surface area contributed by atoms with Gasteiger partial charge in [0.2, 0.25) is 0 Å². The quantitative estimate of drug-likeness (QED) is 0.843. The minimum absolute atomic E-state index is 0.646. The molecule has 0 aliphatic heterocycles. The van der Waals surface area contributed by atoms with Crippen molar-refractivity contribution < 1.29 is 0 Å². The third-order valence-corrected chi connectivity index (χ3v) is 2.96. The molecule has 0 saturated carbocycles. The first kappa shape index (κ1) is 16.0. The molecule has 0 aliphatic carbocycles. The summed E-state index contributed by atoms with van der Waals surface area (Å²) in [4.78, 5) is 4.14. The molecule has 1 heterocycles. The number of nitrogens with two attached hydrogens (primary N) is 1. The van der Waals surface area contributed by atoms with Gasteiger partial charge in [-0.3, -0.25) is 0 Å². The van der Waals surface area contributed by atoms with Crippen LogP contribution >= 0.6 is 0 Å². The van der Waals surface area contributed by atoms with E-state index in [9.17, 15) is 0 Å². The zero-order chi connectivity index (χ0) is 13.3. The molecule has 2 nitrogen and oxygen atoms in total. The van der Waals surface area contributed by atoms with E-state index in [2.05, 4.69) is 38.7 Å². The molecule has 0 amide bonds. The average Bonchev–Trinajstić information content (AvgIpc) is 2.34. The number of hydrogen-bond donors (Lipinski definition) is 1. The smallest absolute Gasteiger partial charge is 0.126 e. The number of anilines is 1. The summed E-state index contributed by atoms with van der Waals surface area (Å²) < 4.78 is 0. The highest BCUT2D eigenvalue weighted by molar-refractivity contribution is 5.39. The fraction of sp³-hybridized carbons (Fsp3) is 0.667. The van der Waals surface area contributed by atoms with Gasteiger partial charge in [-0.15, -0.1) is 0 Å². The predicted molar refractivity (Wildman–Crippen MR) is 77.1 cm³/mol. The summed E-state index contributed by atoms with van der Waals surface area (Å²) >= 11 is 0. The molecule has 1 aromatic heterocycles. The summed E-state index contributed by atoms with van der Waals surface area (Å²) in [5, 5.41) is 0. The number of nitrogens with zero attached hydrogens (tertiary/aromatic N) is 1. The zero-order valence-electron chi connectivity index (χ0n) is 12.1. The van der Waals surface area contributed by atoms with Crippen molar-refractivity contribution in [1.82, 2.24) is 4.98 Å². The van der Waals surface area contributed by atoms with Gasteiger partial charge in [0.1, 0.15) is 5.82 Å². The standard InChI is InChI=1S/C11H18N2.C4H10/c1-4-8(2)5-10-6-9(3)11(12)13-7-10;1-3-4-2/h6-8H,4-5H2,1-3H3,(H2,12,13);3-4H2,1-2H3. The summed E-state index contributed by atoms with van der Waals surface area (Å²) in [6.07, 6.45) is 6.84. The van der Waals surface area contributed by atoms with Crippen LogP contribution in [-0.4, -0.2) is 4.98 Å². The number of unbranched alkanes of at least 4 members (excludes halogenated alkanes) is 1. The van der Waals surface area contributed by atoms with Gasteiger partial charge in [-0.2, -0.15) is 0 Å². The van der Waals surface area contributed by atoms with Crippen LogP contribution in [0.5, 0.6) is 0 Å². The highest BCUT2D eigenvalue weighted by atomic mass is 14.8. The maximum Gasteiger partial charge on any atom is 0.126 e. The van der Waals surface area contributed by atoms with Crippen molar-refractivity contribution in [1.29, 1.82) is 0 Å². The van der Waals surface area contributed by atoms with Crippen LogP contribution in [0.4, 0.5) is 5.82 Å². The van der Waals surface area contributed by atoms with Crippen molar-refractivity contribution in [3.8, 4) is 0 Å². The Hall–Kier alpha value is -1.05. The van der Waals surface area contributed by atoms with E-state index >= 15 is 0 Å². The van der Waals surface area contributed by atoms with Gasteiger partial charge < -0.3 is 5.73 Å². The lowest BCUT2D eigenvalue weighted by molar-refractivity contribution is 0.559. The molecule has 1 atom stereocenters. The van der Waals surface area contributed by atoms with E-state index < -0.39 is 0 Å².